The molecule has 0 radical (unpaired) electrons. The van der Waals surface area contributed by atoms with E-state index in [4.69, 9.17) is 16.7 Å². The fourth-order valence-electron chi connectivity index (χ4n) is 2.46. The third kappa shape index (κ3) is 1.55. The van der Waals surface area contributed by atoms with Crippen LogP contribution in [0.2, 0.25) is 5.02 Å². The minimum atomic E-state index is -0.815. The molecule has 1 aromatic carbocycles. The first-order valence-electron chi connectivity index (χ1n) is 5.07. The Bertz CT molecular complexity index is 454. The molecule has 0 saturated heterocycles. The summed E-state index contributed by atoms with van der Waals surface area (Å²) in [5.41, 5.74) is 0.360. The van der Waals surface area contributed by atoms with E-state index < -0.39 is 11.9 Å². The van der Waals surface area contributed by atoms with Gasteiger partial charge in [0.1, 0.15) is 5.75 Å². The maximum absolute atomic E-state index is 11.0. The second-order valence-electron chi connectivity index (χ2n) is 4.82. The van der Waals surface area contributed by atoms with Crippen LogP contribution in [0.5, 0.6) is 5.75 Å². The van der Waals surface area contributed by atoms with Gasteiger partial charge in [-0.1, -0.05) is 31.5 Å². The summed E-state index contributed by atoms with van der Waals surface area (Å²) in [6, 6.07) is 4.82. The Morgan fingerprint density at radius 3 is 2.50 bits per heavy atom. The van der Waals surface area contributed by atoms with Crippen molar-refractivity contribution >= 4 is 17.6 Å². The van der Waals surface area contributed by atoms with Crippen molar-refractivity contribution in [2.75, 3.05) is 0 Å². The van der Waals surface area contributed by atoms with E-state index in [1.165, 1.54) is 6.07 Å². The molecule has 0 spiro atoms. The molecule has 2 rings (SSSR count). The molecule has 0 bridgehead atoms. The number of hydrogen-bond donors (Lipinski definition) is 2. The van der Waals surface area contributed by atoms with Crippen LogP contribution < -0.4 is 0 Å². The van der Waals surface area contributed by atoms with Crippen LogP contribution in [0.1, 0.15) is 25.3 Å². The number of carboxylic acid groups (broad SMARTS) is 1. The lowest BCUT2D eigenvalue weighted by molar-refractivity contribution is -0.139. The summed E-state index contributed by atoms with van der Waals surface area (Å²) in [6.45, 7) is 3.79. The van der Waals surface area contributed by atoms with Crippen molar-refractivity contribution in [1.82, 2.24) is 0 Å². The first-order chi connectivity index (χ1) is 7.35. The predicted molar refractivity (Wildman–Crippen MR) is 60.8 cm³/mol. The van der Waals surface area contributed by atoms with Gasteiger partial charge < -0.3 is 10.2 Å². The molecule has 4 heteroatoms. The Labute approximate surface area is 98.7 Å². The number of hydrogen-bond acceptors (Lipinski definition) is 2. The lowest BCUT2D eigenvalue weighted by Gasteiger charge is -2.05. The molecule has 0 amide bonds. The summed E-state index contributed by atoms with van der Waals surface area (Å²) in [5.74, 6) is -1.31. The molecule has 2 N–H and O–H groups in total. The van der Waals surface area contributed by atoms with Crippen molar-refractivity contribution in [3.8, 4) is 5.75 Å². The standard InChI is InChI=1S/C12H13ClO3/c1-12(2)9(10(12)11(15)16)7-4-3-6(13)5-8(7)14/h3-5,9-10,14H,1-2H3,(H,15,16). The molecule has 1 saturated carbocycles. The molecular weight excluding hydrogens is 228 g/mol. The van der Waals surface area contributed by atoms with Gasteiger partial charge in [-0.3, -0.25) is 4.79 Å². The quantitative estimate of drug-likeness (QED) is 0.836. The molecule has 86 valence electrons. The summed E-state index contributed by atoms with van der Waals surface area (Å²) >= 11 is 5.74. The van der Waals surface area contributed by atoms with E-state index in [9.17, 15) is 9.90 Å². The minimum absolute atomic E-state index is 0.0781. The van der Waals surface area contributed by atoms with Crippen molar-refractivity contribution in [1.29, 1.82) is 0 Å². The van der Waals surface area contributed by atoms with Crippen LogP contribution in [0.25, 0.3) is 0 Å². The number of benzene rings is 1. The van der Waals surface area contributed by atoms with E-state index in [2.05, 4.69) is 0 Å². The first-order valence-corrected chi connectivity index (χ1v) is 5.44. The maximum atomic E-state index is 11.0. The number of carboxylic acids is 1. The molecular formula is C12H13ClO3. The van der Waals surface area contributed by atoms with Crippen LogP contribution in [-0.2, 0) is 4.79 Å². The molecule has 1 aliphatic carbocycles. The molecule has 0 aromatic heterocycles. The fourth-order valence-corrected chi connectivity index (χ4v) is 2.63. The second-order valence-corrected chi connectivity index (χ2v) is 5.25. The highest BCUT2D eigenvalue weighted by Gasteiger charge is 2.63. The third-order valence-electron chi connectivity index (χ3n) is 3.42. The molecule has 1 aromatic rings. The summed E-state index contributed by atoms with van der Waals surface area (Å²) < 4.78 is 0. The Morgan fingerprint density at radius 2 is 2.06 bits per heavy atom. The number of phenols is 1. The fraction of sp³-hybridized carbons (Fsp3) is 0.417. The summed E-state index contributed by atoms with van der Waals surface area (Å²) in [4.78, 5) is 11.0. The van der Waals surface area contributed by atoms with Crippen LogP contribution in [0.3, 0.4) is 0 Å². The average molecular weight is 241 g/mol. The first kappa shape index (κ1) is 11.3. The van der Waals surface area contributed by atoms with Crippen molar-refractivity contribution in [3.63, 3.8) is 0 Å². The largest absolute Gasteiger partial charge is 0.508 e. The average Bonchev–Trinajstić information content (AvgIpc) is 2.69. The van der Waals surface area contributed by atoms with E-state index in [-0.39, 0.29) is 17.1 Å². The Hall–Kier alpha value is -1.22. The van der Waals surface area contributed by atoms with Crippen molar-refractivity contribution < 1.29 is 15.0 Å². The smallest absolute Gasteiger partial charge is 0.307 e. The SMILES string of the molecule is CC1(C)C(C(=O)O)C1c1ccc(Cl)cc1O. The van der Waals surface area contributed by atoms with Gasteiger partial charge in [0, 0.05) is 10.9 Å². The van der Waals surface area contributed by atoms with Crippen LogP contribution in [0, 0.1) is 11.3 Å². The van der Waals surface area contributed by atoms with Crippen LogP contribution >= 0.6 is 11.6 Å². The van der Waals surface area contributed by atoms with Gasteiger partial charge in [-0.25, -0.2) is 0 Å². The van der Waals surface area contributed by atoms with E-state index >= 15 is 0 Å². The number of carbonyl (C=O) groups is 1. The molecule has 2 unspecified atom stereocenters. The van der Waals surface area contributed by atoms with Gasteiger partial charge in [-0.2, -0.15) is 0 Å². The zero-order chi connectivity index (χ0) is 12.1. The molecule has 0 aliphatic heterocycles. The Kier molecular flexibility index (Phi) is 2.39. The molecule has 1 fully saturated rings. The Balaban J connectivity index is 2.37. The normalized spacial score (nSPS) is 26.4. The number of aliphatic carboxylic acids is 1. The third-order valence-corrected chi connectivity index (χ3v) is 3.66. The second kappa shape index (κ2) is 3.39. The minimum Gasteiger partial charge on any atom is -0.508 e. The highest BCUT2D eigenvalue weighted by atomic mass is 35.5. The van der Waals surface area contributed by atoms with Crippen LogP contribution in [-0.4, -0.2) is 16.2 Å². The molecule has 16 heavy (non-hydrogen) atoms. The van der Waals surface area contributed by atoms with Gasteiger partial charge in [-0.15, -0.1) is 0 Å². The molecule has 2 atom stereocenters. The highest BCUT2D eigenvalue weighted by Crippen LogP contribution is 2.65. The highest BCUT2D eigenvalue weighted by molar-refractivity contribution is 6.30. The summed E-state index contributed by atoms with van der Waals surface area (Å²) in [6.07, 6.45) is 0. The number of rotatable bonds is 2. The van der Waals surface area contributed by atoms with Gasteiger partial charge in [0.05, 0.1) is 5.92 Å². The summed E-state index contributed by atoms with van der Waals surface area (Å²) in [5, 5.41) is 19.3. The summed E-state index contributed by atoms with van der Waals surface area (Å²) in [7, 11) is 0. The molecule has 3 nitrogen and oxygen atoms in total. The van der Waals surface area contributed by atoms with E-state index in [1.54, 1.807) is 12.1 Å². The lowest BCUT2D eigenvalue weighted by Crippen LogP contribution is -2.03. The number of aromatic hydroxyl groups is 1. The van der Waals surface area contributed by atoms with E-state index in [0.29, 0.717) is 10.6 Å². The van der Waals surface area contributed by atoms with Gasteiger partial charge in [0.25, 0.3) is 0 Å². The number of halogens is 1. The van der Waals surface area contributed by atoms with Crippen molar-refractivity contribution in [2.45, 2.75) is 19.8 Å². The van der Waals surface area contributed by atoms with Gasteiger partial charge in [0.15, 0.2) is 0 Å². The zero-order valence-corrected chi connectivity index (χ0v) is 9.82. The Morgan fingerprint density at radius 1 is 1.44 bits per heavy atom. The van der Waals surface area contributed by atoms with E-state index in [1.807, 2.05) is 13.8 Å². The monoisotopic (exact) mass is 240 g/mol. The van der Waals surface area contributed by atoms with Crippen molar-refractivity contribution in [2.24, 2.45) is 11.3 Å². The molecule has 1 aliphatic rings. The van der Waals surface area contributed by atoms with Crippen LogP contribution in [0.4, 0.5) is 0 Å². The topological polar surface area (TPSA) is 57.5 Å². The predicted octanol–water partition coefficient (Wildman–Crippen LogP) is 2.87. The zero-order valence-electron chi connectivity index (χ0n) is 9.07. The molecule has 0 heterocycles. The lowest BCUT2D eigenvalue weighted by atomic mass is 10.0. The van der Waals surface area contributed by atoms with Gasteiger partial charge >= 0.3 is 5.97 Å². The van der Waals surface area contributed by atoms with Crippen molar-refractivity contribution in [3.05, 3.63) is 28.8 Å². The van der Waals surface area contributed by atoms with Gasteiger partial charge in [0.2, 0.25) is 0 Å². The maximum Gasteiger partial charge on any atom is 0.307 e. The van der Waals surface area contributed by atoms with Gasteiger partial charge in [-0.05, 0) is 23.1 Å². The van der Waals surface area contributed by atoms with Crippen LogP contribution in [0.15, 0.2) is 18.2 Å². The number of phenolic OH excluding ortho intramolecular Hbond substituents is 1. The van der Waals surface area contributed by atoms with E-state index in [0.717, 1.165) is 0 Å².